The lowest BCUT2D eigenvalue weighted by Gasteiger charge is -2.13. The summed E-state index contributed by atoms with van der Waals surface area (Å²) in [5, 5.41) is 18.5. The zero-order chi connectivity index (χ0) is 13.8. The zero-order valence-electron chi connectivity index (χ0n) is 10.3. The van der Waals surface area contributed by atoms with Gasteiger partial charge in [-0.05, 0) is 31.2 Å². The molecule has 0 bridgehead atoms. The predicted octanol–water partition coefficient (Wildman–Crippen LogP) is 3.54. The van der Waals surface area contributed by atoms with Crippen LogP contribution in [-0.2, 0) is 0 Å². The number of nitriles is 1. The Bertz CT molecular complexity index is 632. The molecule has 0 saturated heterocycles. The van der Waals surface area contributed by atoms with Crippen molar-refractivity contribution < 1.29 is 14.2 Å². The third kappa shape index (κ3) is 3.09. The fourth-order valence-electron chi connectivity index (χ4n) is 1.69. The minimum Gasteiger partial charge on any atom is -0.457 e. The molecule has 1 atom stereocenters. The Morgan fingerprint density at radius 3 is 2.68 bits per heavy atom. The van der Waals surface area contributed by atoms with E-state index in [9.17, 15) is 9.50 Å². The van der Waals surface area contributed by atoms with Crippen molar-refractivity contribution in [3.05, 3.63) is 59.4 Å². The maximum atomic E-state index is 13.1. The number of hydrogen-bond acceptors (Lipinski definition) is 3. The van der Waals surface area contributed by atoms with Crippen molar-refractivity contribution in [2.24, 2.45) is 0 Å². The second kappa shape index (κ2) is 5.51. The van der Waals surface area contributed by atoms with Gasteiger partial charge >= 0.3 is 0 Å². The van der Waals surface area contributed by atoms with Crippen LogP contribution in [0.3, 0.4) is 0 Å². The summed E-state index contributed by atoms with van der Waals surface area (Å²) in [5.74, 6) is 0.254. The third-order valence-corrected chi connectivity index (χ3v) is 2.62. The molecule has 96 valence electrons. The maximum absolute atomic E-state index is 13.1. The van der Waals surface area contributed by atoms with Gasteiger partial charge in [0.1, 0.15) is 17.3 Å². The van der Waals surface area contributed by atoms with Crippen molar-refractivity contribution in [2.45, 2.75) is 13.0 Å². The lowest BCUT2D eigenvalue weighted by atomic mass is 10.1. The summed E-state index contributed by atoms with van der Waals surface area (Å²) in [4.78, 5) is 0. The lowest BCUT2D eigenvalue weighted by molar-refractivity contribution is 0.195. The molecule has 0 spiro atoms. The number of nitrogens with zero attached hydrogens (tertiary/aromatic N) is 1. The predicted molar refractivity (Wildman–Crippen MR) is 68.3 cm³/mol. The Labute approximate surface area is 110 Å². The molecule has 1 N–H and O–H groups in total. The van der Waals surface area contributed by atoms with Crippen molar-refractivity contribution >= 4 is 0 Å². The molecule has 3 nitrogen and oxygen atoms in total. The number of halogens is 1. The van der Waals surface area contributed by atoms with E-state index in [0.29, 0.717) is 22.6 Å². The first-order valence-electron chi connectivity index (χ1n) is 5.75. The average Bonchev–Trinajstić information content (AvgIpc) is 2.38. The van der Waals surface area contributed by atoms with Crippen LogP contribution in [0.25, 0.3) is 0 Å². The third-order valence-electron chi connectivity index (χ3n) is 2.62. The van der Waals surface area contributed by atoms with Crippen LogP contribution < -0.4 is 4.74 Å². The summed E-state index contributed by atoms with van der Waals surface area (Å²) >= 11 is 0. The first kappa shape index (κ1) is 13.1. The standard InChI is InChI=1S/C15H12FNO2/c1-10(18)14-6-5-11(9-17)7-15(14)19-13-4-2-3-12(16)8-13/h2-8,10,18H,1H3/t10-/m0/s1. The maximum Gasteiger partial charge on any atom is 0.134 e. The van der Waals surface area contributed by atoms with Crippen LogP contribution in [-0.4, -0.2) is 5.11 Å². The number of aliphatic hydroxyl groups is 1. The molecule has 2 rings (SSSR count). The monoisotopic (exact) mass is 257 g/mol. The molecule has 2 aromatic carbocycles. The molecule has 0 aromatic heterocycles. The second-order valence-corrected chi connectivity index (χ2v) is 4.10. The van der Waals surface area contributed by atoms with Gasteiger partial charge < -0.3 is 9.84 Å². The summed E-state index contributed by atoms with van der Waals surface area (Å²) in [6, 6.07) is 12.4. The summed E-state index contributed by atoms with van der Waals surface area (Å²) in [6.07, 6.45) is -0.740. The molecular weight excluding hydrogens is 245 g/mol. The number of aliphatic hydroxyl groups excluding tert-OH is 1. The molecule has 4 heteroatoms. The van der Waals surface area contributed by atoms with E-state index in [-0.39, 0.29) is 0 Å². The normalized spacial score (nSPS) is 11.7. The Kier molecular flexibility index (Phi) is 3.79. The van der Waals surface area contributed by atoms with Gasteiger partial charge in [0.15, 0.2) is 0 Å². The molecule has 0 aliphatic rings. The fourth-order valence-corrected chi connectivity index (χ4v) is 1.69. The molecule has 0 aliphatic carbocycles. The number of benzene rings is 2. The molecule has 0 aliphatic heterocycles. The molecule has 0 radical (unpaired) electrons. The SMILES string of the molecule is C[C@H](O)c1ccc(C#N)cc1Oc1cccc(F)c1. The minimum absolute atomic E-state index is 0.317. The van der Waals surface area contributed by atoms with E-state index in [1.807, 2.05) is 6.07 Å². The van der Waals surface area contributed by atoms with E-state index < -0.39 is 11.9 Å². The van der Waals surface area contributed by atoms with Crippen molar-refractivity contribution in [3.8, 4) is 17.6 Å². The van der Waals surface area contributed by atoms with Gasteiger partial charge in [0.2, 0.25) is 0 Å². The van der Waals surface area contributed by atoms with Crippen LogP contribution >= 0.6 is 0 Å². The molecule has 0 saturated carbocycles. The highest BCUT2D eigenvalue weighted by atomic mass is 19.1. The van der Waals surface area contributed by atoms with Crippen molar-refractivity contribution in [1.82, 2.24) is 0 Å². The Balaban J connectivity index is 2.40. The van der Waals surface area contributed by atoms with Crippen LogP contribution in [0.15, 0.2) is 42.5 Å². The van der Waals surface area contributed by atoms with Gasteiger partial charge in [-0.2, -0.15) is 5.26 Å². The van der Waals surface area contributed by atoms with Gasteiger partial charge in [0.05, 0.1) is 17.7 Å². The van der Waals surface area contributed by atoms with Gasteiger partial charge in [-0.15, -0.1) is 0 Å². The molecular formula is C15H12FNO2. The van der Waals surface area contributed by atoms with Crippen LogP contribution in [0.5, 0.6) is 11.5 Å². The quantitative estimate of drug-likeness (QED) is 0.914. The van der Waals surface area contributed by atoms with Crippen LogP contribution in [0.1, 0.15) is 24.2 Å². The zero-order valence-corrected chi connectivity index (χ0v) is 10.3. The lowest BCUT2D eigenvalue weighted by Crippen LogP contribution is -1.97. The number of hydrogen-bond donors (Lipinski definition) is 1. The Morgan fingerprint density at radius 1 is 1.26 bits per heavy atom. The highest BCUT2D eigenvalue weighted by Gasteiger charge is 2.11. The minimum atomic E-state index is -0.740. The summed E-state index contributed by atoms with van der Waals surface area (Å²) in [7, 11) is 0. The van der Waals surface area contributed by atoms with Gasteiger partial charge in [-0.25, -0.2) is 4.39 Å². The molecule has 0 unspecified atom stereocenters. The summed E-state index contributed by atoms with van der Waals surface area (Å²) < 4.78 is 18.6. The second-order valence-electron chi connectivity index (χ2n) is 4.10. The first-order chi connectivity index (χ1) is 9.10. The number of ether oxygens (including phenoxy) is 1. The fraction of sp³-hybridized carbons (Fsp3) is 0.133. The van der Waals surface area contributed by atoms with E-state index in [2.05, 4.69) is 0 Å². The molecule has 2 aromatic rings. The largest absolute Gasteiger partial charge is 0.457 e. The van der Waals surface area contributed by atoms with E-state index >= 15 is 0 Å². The summed E-state index contributed by atoms with van der Waals surface area (Å²) in [5.41, 5.74) is 0.957. The smallest absolute Gasteiger partial charge is 0.134 e. The van der Waals surface area contributed by atoms with Crippen LogP contribution in [0, 0.1) is 17.1 Å². The Hall–Kier alpha value is -2.38. The highest BCUT2D eigenvalue weighted by molar-refractivity contribution is 5.45. The average molecular weight is 257 g/mol. The highest BCUT2D eigenvalue weighted by Crippen LogP contribution is 2.30. The Morgan fingerprint density at radius 2 is 2.05 bits per heavy atom. The first-order valence-corrected chi connectivity index (χ1v) is 5.75. The van der Waals surface area contributed by atoms with Crippen LogP contribution in [0.4, 0.5) is 4.39 Å². The van der Waals surface area contributed by atoms with Crippen molar-refractivity contribution in [3.63, 3.8) is 0 Å². The molecule has 19 heavy (non-hydrogen) atoms. The molecule has 0 amide bonds. The summed E-state index contributed by atoms with van der Waals surface area (Å²) in [6.45, 7) is 1.60. The van der Waals surface area contributed by atoms with Gasteiger partial charge in [0, 0.05) is 11.6 Å². The van der Waals surface area contributed by atoms with E-state index in [0.717, 1.165) is 0 Å². The van der Waals surface area contributed by atoms with Gasteiger partial charge in [-0.1, -0.05) is 12.1 Å². The van der Waals surface area contributed by atoms with Crippen LogP contribution in [0.2, 0.25) is 0 Å². The van der Waals surface area contributed by atoms with E-state index in [1.165, 1.54) is 24.3 Å². The van der Waals surface area contributed by atoms with Gasteiger partial charge in [-0.3, -0.25) is 0 Å². The number of rotatable bonds is 3. The van der Waals surface area contributed by atoms with Gasteiger partial charge in [0.25, 0.3) is 0 Å². The molecule has 0 heterocycles. The van der Waals surface area contributed by atoms with E-state index in [1.54, 1.807) is 25.1 Å². The van der Waals surface area contributed by atoms with Crippen molar-refractivity contribution in [2.75, 3.05) is 0 Å². The van der Waals surface area contributed by atoms with Crippen molar-refractivity contribution in [1.29, 1.82) is 5.26 Å². The topological polar surface area (TPSA) is 53.2 Å². The molecule has 0 fully saturated rings. The van der Waals surface area contributed by atoms with E-state index in [4.69, 9.17) is 10.00 Å².